The van der Waals surface area contributed by atoms with Crippen molar-refractivity contribution in [2.24, 2.45) is 0 Å². The lowest BCUT2D eigenvalue weighted by Gasteiger charge is -2.49. The van der Waals surface area contributed by atoms with Crippen molar-refractivity contribution in [1.82, 2.24) is 15.1 Å². The maximum absolute atomic E-state index is 11.6. The highest BCUT2D eigenvalue weighted by atomic mass is 16.4. The third kappa shape index (κ3) is 3.33. The lowest BCUT2D eigenvalue weighted by molar-refractivity contribution is -0.135. The summed E-state index contributed by atoms with van der Waals surface area (Å²) in [4.78, 5) is 25.7. The maximum Gasteiger partial charge on any atom is 0.323 e. The predicted molar refractivity (Wildman–Crippen MR) is 63.9 cm³/mol. The number of carbonyl (C=O) groups excluding carboxylic acids is 1. The van der Waals surface area contributed by atoms with Gasteiger partial charge in [0.05, 0.1) is 0 Å². The third-order valence-corrected chi connectivity index (χ3v) is 3.50. The monoisotopic (exact) mass is 243 g/mol. The van der Waals surface area contributed by atoms with Gasteiger partial charge < -0.3 is 20.2 Å². The van der Waals surface area contributed by atoms with E-state index < -0.39 is 5.97 Å². The first kappa shape index (κ1) is 13.8. The molecule has 0 aromatic heterocycles. The largest absolute Gasteiger partial charge is 0.480 e. The van der Waals surface area contributed by atoms with Crippen molar-refractivity contribution in [3.8, 4) is 0 Å². The number of carboxylic acid groups (broad SMARTS) is 1. The molecule has 6 nitrogen and oxygen atoms in total. The molecule has 1 fully saturated rings. The Kier molecular flexibility index (Phi) is 4.34. The van der Waals surface area contributed by atoms with Crippen molar-refractivity contribution in [2.45, 2.75) is 24.8 Å². The number of hydrogen-bond acceptors (Lipinski definition) is 3. The molecule has 2 amide bonds. The topological polar surface area (TPSA) is 72.9 Å². The van der Waals surface area contributed by atoms with Gasteiger partial charge in [-0.1, -0.05) is 0 Å². The summed E-state index contributed by atoms with van der Waals surface area (Å²) in [5, 5.41) is 10.8. The molecule has 6 heteroatoms. The van der Waals surface area contributed by atoms with Crippen LogP contribution in [-0.2, 0) is 4.79 Å². The molecule has 1 aliphatic rings. The Labute approximate surface area is 102 Å². The molecule has 0 aromatic rings. The number of rotatable bonds is 5. The quantitative estimate of drug-likeness (QED) is 0.723. The minimum atomic E-state index is -1.03. The van der Waals surface area contributed by atoms with E-state index in [2.05, 4.69) is 10.2 Å². The molecule has 1 saturated carbocycles. The summed E-state index contributed by atoms with van der Waals surface area (Å²) < 4.78 is 0. The fourth-order valence-electron chi connectivity index (χ4n) is 2.13. The summed E-state index contributed by atoms with van der Waals surface area (Å²) in [7, 11) is 5.73. The molecule has 0 unspecified atom stereocenters. The van der Waals surface area contributed by atoms with E-state index in [-0.39, 0.29) is 18.1 Å². The van der Waals surface area contributed by atoms with Crippen molar-refractivity contribution >= 4 is 12.0 Å². The number of hydrogen-bond donors (Lipinski definition) is 2. The van der Waals surface area contributed by atoms with E-state index >= 15 is 0 Å². The summed E-state index contributed by atoms with van der Waals surface area (Å²) in [5.41, 5.74) is 0.0648. The molecule has 0 bridgehead atoms. The highest BCUT2D eigenvalue weighted by molar-refractivity contribution is 5.79. The standard InChI is InChI=1S/C11H21N3O3/c1-13(2)11(5-4-6-11)8-14(3)10(17)12-7-9(15)16/h4-8H2,1-3H3,(H,12,17)(H,15,16). The van der Waals surface area contributed by atoms with Crippen LogP contribution in [0.2, 0.25) is 0 Å². The predicted octanol–water partition coefficient (Wildman–Crippen LogP) is 0.197. The minimum Gasteiger partial charge on any atom is -0.480 e. The second-order valence-corrected chi connectivity index (χ2v) is 4.88. The summed E-state index contributed by atoms with van der Waals surface area (Å²) in [5.74, 6) is -1.03. The number of carboxylic acids is 1. The molecule has 0 aromatic carbocycles. The Morgan fingerprint density at radius 2 is 1.88 bits per heavy atom. The van der Waals surface area contributed by atoms with Crippen LogP contribution in [0.15, 0.2) is 0 Å². The number of aliphatic carboxylic acids is 1. The van der Waals surface area contributed by atoms with E-state index in [4.69, 9.17) is 5.11 Å². The molecule has 0 atom stereocenters. The first-order valence-electron chi connectivity index (χ1n) is 5.75. The van der Waals surface area contributed by atoms with Gasteiger partial charge in [-0.2, -0.15) is 0 Å². The lowest BCUT2D eigenvalue weighted by atomic mass is 9.75. The minimum absolute atomic E-state index is 0.0648. The van der Waals surface area contributed by atoms with Gasteiger partial charge in [0, 0.05) is 19.1 Å². The Hall–Kier alpha value is -1.30. The van der Waals surface area contributed by atoms with Crippen LogP contribution in [0.1, 0.15) is 19.3 Å². The third-order valence-electron chi connectivity index (χ3n) is 3.50. The molecule has 0 heterocycles. The van der Waals surface area contributed by atoms with Crippen LogP contribution >= 0.6 is 0 Å². The van der Waals surface area contributed by atoms with Gasteiger partial charge in [-0.15, -0.1) is 0 Å². The molecule has 0 spiro atoms. The molecular formula is C11H21N3O3. The average Bonchev–Trinajstić information content (AvgIpc) is 2.18. The van der Waals surface area contributed by atoms with Crippen molar-refractivity contribution in [3.63, 3.8) is 0 Å². The second kappa shape index (κ2) is 5.35. The normalized spacial score (nSPS) is 17.4. The van der Waals surface area contributed by atoms with Crippen LogP contribution in [0.25, 0.3) is 0 Å². The number of nitrogens with one attached hydrogen (secondary N) is 1. The molecule has 1 rings (SSSR count). The van der Waals surface area contributed by atoms with E-state index in [1.807, 2.05) is 14.1 Å². The van der Waals surface area contributed by atoms with Gasteiger partial charge in [0.15, 0.2) is 0 Å². The zero-order valence-electron chi connectivity index (χ0n) is 10.7. The number of likely N-dealkylation sites (N-methyl/N-ethyl adjacent to an activating group) is 2. The van der Waals surface area contributed by atoms with Gasteiger partial charge in [0.2, 0.25) is 0 Å². The molecular weight excluding hydrogens is 222 g/mol. The molecule has 17 heavy (non-hydrogen) atoms. The molecule has 1 aliphatic carbocycles. The Morgan fingerprint density at radius 3 is 2.24 bits per heavy atom. The van der Waals surface area contributed by atoms with Crippen LogP contribution in [0, 0.1) is 0 Å². The van der Waals surface area contributed by atoms with Crippen molar-refractivity contribution in [3.05, 3.63) is 0 Å². The smallest absolute Gasteiger partial charge is 0.323 e. The SMILES string of the molecule is CN(CC1(N(C)C)CCC1)C(=O)NCC(=O)O. The second-order valence-electron chi connectivity index (χ2n) is 4.88. The van der Waals surface area contributed by atoms with E-state index in [0.29, 0.717) is 6.54 Å². The van der Waals surface area contributed by atoms with Gasteiger partial charge >= 0.3 is 12.0 Å². The fourth-order valence-corrected chi connectivity index (χ4v) is 2.13. The fraction of sp³-hybridized carbons (Fsp3) is 0.818. The van der Waals surface area contributed by atoms with Crippen LogP contribution < -0.4 is 5.32 Å². The van der Waals surface area contributed by atoms with E-state index in [0.717, 1.165) is 12.8 Å². The molecule has 0 aliphatic heterocycles. The Balaban J connectivity index is 2.44. The van der Waals surface area contributed by atoms with Crippen LogP contribution in [0.3, 0.4) is 0 Å². The zero-order chi connectivity index (χ0) is 13.1. The summed E-state index contributed by atoms with van der Waals surface area (Å²) in [6.07, 6.45) is 3.34. The summed E-state index contributed by atoms with van der Waals surface area (Å²) >= 11 is 0. The molecule has 0 saturated heterocycles. The van der Waals surface area contributed by atoms with Crippen LogP contribution in [0.5, 0.6) is 0 Å². The van der Waals surface area contributed by atoms with E-state index in [9.17, 15) is 9.59 Å². The maximum atomic E-state index is 11.6. The summed E-state index contributed by atoms with van der Waals surface area (Å²) in [6, 6.07) is -0.333. The molecule has 2 N–H and O–H groups in total. The summed E-state index contributed by atoms with van der Waals surface area (Å²) in [6.45, 7) is 0.295. The first-order chi connectivity index (χ1) is 7.87. The number of nitrogens with zero attached hydrogens (tertiary/aromatic N) is 2. The van der Waals surface area contributed by atoms with E-state index in [1.165, 1.54) is 6.42 Å². The van der Waals surface area contributed by atoms with Crippen molar-refractivity contribution < 1.29 is 14.7 Å². The average molecular weight is 243 g/mol. The van der Waals surface area contributed by atoms with Gasteiger partial charge in [-0.25, -0.2) is 4.79 Å². The number of carbonyl (C=O) groups is 2. The van der Waals surface area contributed by atoms with Gasteiger partial charge in [-0.3, -0.25) is 4.79 Å². The zero-order valence-corrected chi connectivity index (χ0v) is 10.7. The Morgan fingerprint density at radius 1 is 1.29 bits per heavy atom. The van der Waals surface area contributed by atoms with Crippen LogP contribution in [0.4, 0.5) is 4.79 Å². The molecule has 98 valence electrons. The number of urea groups is 1. The van der Waals surface area contributed by atoms with Crippen molar-refractivity contribution in [2.75, 3.05) is 34.2 Å². The molecule has 0 radical (unpaired) electrons. The van der Waals surface area contributed by atoms with Gasteiger partial charge in [-0.05, 0) is 33.4 Å². The van der Waals surface area contributed by atoms with Crippen molar-refractivity contribution in [1.29, 1.82) is 0 Å². The highest BCUT2D eigenvalue weighted by Gasteiger charge is 2.40. The highest BCUT2D eigenvalue weighted by Crippen LogP contribution is 2.36. The first-order valence-corrected chi connectivity index (χ1v) is 5.75. The van der Waals surface area contributed by atoms with Gasteiger partial charge in [0.1, 0.15) is 6.54 Å². The number of amides is 2. The van der Waals surface area contributed by atoms with Crippen LogP contribution in [-0.4, -0.2) is 66.7 Å². The van der Waals surface area contributed by atoms with E-state index in [1.54, 1.807) is 11.9 Å². The lowest BCUT2D eigenvalue weighted by Crippen LogP contribution is -2.58. The Bertz CT molecular complexity index is 300. The van der Waals surface area contributed by atoms with Gasteiger partial charge in [0.25, 0.3) is 0 Å².